The minimum atomic E-state index is -1.82. The lowest BCUT2D eigenvalue weighted by Crippen LogP contribution is -2.68. The van der Waals surface area contributed by atoms with Crippen LogP contribution in [0.3, 0.4) is 0 Å². The SMILES string of the molecule is CC(C)=CCC[C@@](O)(CO[C@@H]1O[C@H](CO)[C@@H](O)[C@H](O)[C@H]1O)[C@@]1(O)CC[C@]2(C)[C@@H]1CC[C@@H]1[C@@]3(C)CC[C@H](O[C@@H]4OC[C@H](O)[C@H](O[C@@H]5OC[C@@H](O)[C@H](O)[C@H]5O)[C@H]4O[C@@H]4O[C@@H](C)[C@H](O)[C@@H](O)[C@H]4O)C(C)(C)[C@@H]3CC[C@]12C. The maximum Gasteiger partial charge on any atom is 0.187 e. The van der Waals surface area contributed by atoms with Crippen molar-refractivity contribution in [3.05, 3.63) is 11.6 Å². The molecule has 21 heteroatoms. The number of ether oxygens (including phenoxy) is 8. The Morgan fingerprint density at radius 2 is 1.21 bits per heavy atom. The van der Waals surface area contributed by atoms with Crippen molar-refractivity contribution in [2.24, 2.45) is 39.4 Å². The molecule has 4 aliphatic carbocycles. The zero-order chi connectivity index (χ0) is 53.5. The topological polar surface area (TPSA) is 337 Å². The summed E-state index contributed by atoms with van der Waals surface area (Å²) in [6.45, 7) is 15.0. The van der Waals surface area contributed by atoms with Crippen LogP contribution in [-0.4, -0.2) is 221 Å². The van der Waals surface area contributed by atoms with Crippen LogP contribution in [0.1, 0.15) is 120 Å². The fraction of sp³-hybridized carbons (Fsp3) is 0.962. The minimum Gasteiger partial charge on any atom is -0.394 e. The van der Waals surface area contributed by atoms with Gasteiger partial charge < -0.3 is 104 Å². The number of aliphatic hydroxyl groups is 13. The molecule has 8 fully saturated rings. The van der Waals surface area contributed by atoms with Crippen LogP contribution in [0.15, 0.2) is 11.6 Å². The first-order valence-corrected chi connectivity index (χ1v) is 26.7. The molecule has 13 N–H and O–H groups in total. The van der Waals surface area contributed by atoms with Crippen molar-refractivity contribution >= 4 is 0 Å². The van der Waals surface area contributed by atoms with Gasteiger partial charge in [-0.05, 0) is 124 Å². The lowest BCUT2D eigenvalue weighted by molar-refractivity contribution is -0.384. The van der Waals surface area contributed by atoms with E-state index in [0.29, 0.717) is 32.1 Å². The van der Waals surface area contributed by atoms with Crippen molar-refractivity contribution in [3.8, 4) is 0 Å². The van der Waals surface area contributed by atoms with E-state index in [0.717, 1.165) is 31.3 Å². The van der Waals surface area contributed by atoms with E-state index in [-0.39, 0.29) is 48.2 Å². The zero-order valence-electron chi connectivity index (χ0n) is 43.8. The lowest BCUT2D eigenvalue weighted by atomic mass is 9.35. The maximum absolute atomic E-state index is 13.2. The van der Waals surface area contributed by atoms with Gasteiger partial charge in [0.05, 0.1) is 44.2 Å². The standard InChI is InChI=1S/C52H88O21/c1-24(2)10-9-15-51(64,23-68-44-39(62)37(60)35(58)28(20-53)70-44)52(65)19-18-50(8)31(52)12-11-30-48(6)16-14-32(47(4,5)29(48)13-17-49(30,50)7)71-46-42(73-45-40(63)36(59)33(56)25(3)69-45)41(27(55)22-67-46)72-43-38(61)34(57)26(54)21-66-43/h10,25-46,53-65H,9,11-23H2,1-8H3/t25-,26+,27-,28+,29-,30+,31-,32-,33-,34-,35+,36+,37-,38+,39+,40+,41-,42+,43-,44+,45-,46-,48-,49+,50+,51+,52+/m0/s1. The second-order valence-corrected chi connectivity index (χ2v) is 24.8. The predicted molar refractivity (Wildman–Crippen MR) is 254 cm³/mol. The third kappa shape index (κ3) is 9.95. The predicted octanol–water partition coefficient (Wildman–Crippen LogP) is -0.780. The summed E-state index contributed by atoms with van der Waals surface area (Å²) >= 11 is 0. The van der Waals surface area contributed by atoms with E-state index < -0.39 is 152 Å². The second kappa shape index (κ2) is 21.5. The first-order valence-electron chi connectivity index (χ1n) is 26.7. The summed E-state index contributed by atoms with van der Waals surface area (Å²) < 4.78 is 48.8. The molecule has 21 nitrogen and oxygen atoms in total. The van der Waals surface area contributed by atoms with E-state index in [4.69, 9.17) is 37.9 Å². The molecule has 422 valence electrons. The molecule has 0 unspecified atom stereocenters. The maximum atomic E-state index is 13.2. The third-order valence-electron chi connectivity index (χ3n) is 20.2. The van der Waals surface area contributed by atoms with Gasteiger partial charge in [-0.1, -0.05) is 46.3 Å². The van der Waals surface area contributed by atoms with E-state index >= 15 is 0 Å². The van der Waals surface area contributed by atoms with Crippen molar-refractivity contribution in [1.82, 2.24) is 0 Å². The van der Waals surface area contributed by atoms with Gasteiger partial charge in [-0.25, -0.2) is 0 Å². The van der Waals surface area contributed by atoms with Crippen LogP contribution in [0.2, 0.25) is 0 Å². The molecule has 8 aliphatic rings. The van der Waals surface area contributed by atoms with Gasteiger partial charge in [0.15, 0.2) is 25.2 Å². The van der Waals surface area contributed by atoms with Gasteiger partial charge in [-0.2, -0.15) is 0 Å². The number of fused-ring (bicyclic) bond motifs is 5. The molecule has 4 aliphatic heterocycles. The number of rotatable bonds is 14. The molecule has 0 aromatic carbocycles. The highest BCUT2D eigenvalue weighted by Gasteiger charge is 2.74. The molecule has 0 radical (unpaired) electrons. The Kier molecular flexibility index (Phi) is 17.1. The van der Waals surface area contributed by atoms with E-state index in [1.54, 1.807) is 0 Å². The number of aliphatic hydroxyl groups excluding tert-OH is 11. The molecule has 27 atom stereocenters. The minimum absolute atomic E-state index is 0.116. The van der Waals surface area contributed by atoms with E-state index in [1.165, 1.54) is 6.92 Å². The Hall–Kier alpha value is -1.10. The fourth-order valence-corrected chi connectivity index (χ4v) is 15.7. The molecule has 8 rings (SSSR count). The van der Waals surface area contributed by atoms with Crippen molar-refractivity contribution in [3.63, 3.8) is 0 Å². The van der Waals surface area contributed by atoms with Crippen molar-refractivity contribution in [2.45, 2.75) is 248 Å². The van der Waals surface area contributed by atoms with Crippen LogP contribution >= 0.6 is 0 Å². The van der Waals surface area contributed by atoms with E-state index in [2.05, 4.69) is 34.6 Å². The average molecular weight is 1050 g/mol. The molecular formula is C52H88O21. The molecule has 0 aromatic heterocycles. The summed E-state index contributed by atoms with van der Waals surface area (Å²) in [6, 6.07) is 0. The van der Waals surface area contributed by atoms with E-state index in [1.807, 2.05) is 19.9 Å². The quantitative estimate of drug-likeness (QED) is 0.0750. The normalized spacial score (nSPS) is 52.8. The molecule has 4 saturated heterocycles. The van der Waals surface area contributed by atoms with Crippen LogP contribution < -0.4 is 0 Å². The Bertz CT molecular complexity index is 1910. The lowest BCUT2D eigenvalue weighted by Gasteiger charge is -2.70. The molecule has 4 heterocycles. The number of hydrogen-bond donors (Lipinski definition) is 13. The van der Waals surface area contributed by atoms with Crippen molar-refractivity contribution in [2.75, 3.05) is 26.4 Å². The highest BCUT2D eigenvalue weighted by atomic mass is 16.8. The molecule has 73 heavy (non-hydrogen) atoms. The average Bonchev–Trinajstić information content (AvgIpc) is 3.63. The first kappa shape index (κ1) is 58.1. The number of allylic oxidation sites excluding steroid dienone is 2. The summed E-state index contributed by atoms with van der Waals surface area (Å²) in [5.41, 5.74) is -3.84. The summed E-state index contributed by atoms with van der Waals surface area (Å²) in [5.74, 6) is -0.0285. The van der Waals surface area contributed by atoms with Gasteiger partial charge in [0.2, 0.25) is 0 Å². The van der Waals surface area contributed by atoms with Crippen LogP contribution in [0, 0.1) is 39.4 Å². The van der Waals surface area contributed by atoms with Crippen LogP contribution in [-0.2, 0) is 37.9 Å². The second-order valence-electron chi connectivity index (χ2n) is 24.8. The Morgan fingerprint density at radius 1 is 0.603 bits per heavy atom. The van der Waals surface area contributed by atoms with Crippen LogP contribution in [0.5, 0.6) is 0 Å². The van der Waals surface area contributed by atoms with E-state index in [9.17, 15) is 66.4 Å². The molecule has 0 aromatic rings. The van der Waals surface area contributed by atoms with Gasteiger partial charge in [0.1, 0.15) is 85.0 Å². The highest BCUT2D eigenvalue weighted by molar-refractivity contribution is 5.23. The van der Waals surface area contributed by atoms with Gasteiger partial charge in [0, 0.05) is 0 Å². The van der Waals surface area contributed by atoms with Gasteiger partial charge in [-0.3, -0.25) is 0 Å². The first-order chi connectivity index (χ1) is 34.1. The Labute approximate surface area is 428 Å². The smallest absolute Gasteiger partial charge is 0.187 e. The highest BCUT2D eigenvalue weighted by Crippen LogP contribution is 2.76. The molecule has 0 amide bonds. The van der Waals surface area contributed by atoms with Gasteiger partial charge in [0.25, 0.3) is 0 Å². The Morgan fingerprint density at radius 3 is 1.89 bits per heavy atom. The summed E-state index contributed by atoms with van der Waals surface area (Å²) in [4.78, 5) is 0. The largest absolute Gasteiger partial charge is 0.394 e. The van der Waals surface area contributed by atoms with Crippen molar-refractivity contribution < 1.29 is 104 Å². The fourth-order valence-electron chi connectivity index (χ4n) is 15.7. The summed E-state index contributed by atoms with van der Waals surface area (Å²) in [7, 11) is 0. The third-order valence-corrected chi connectivity index (χ3v) is 20.2. The molecule has 0 spiro atoms. The van der Waals surface area contributed by atoms with Gasteiger partial charge in [-0.15, -0.1) is 0 Å². The Balaban J connectivity index is 1.02. The zero-order valence-corrected chi connectivity index (χ0v) is 43.8. The molecule has 0 bridgehead atoms. The van der Waals surface area contributed by atoms with Crippen LogP contribution in [0.25, 0.3) is 0 Å². The monoisotopic (exact) mass is 1050 g/mol. The molecular weight excluding hydrogens is 961 g/mol. The summed E-state index contributed by atoms with van der Waals surface area (Å²) in [5, 5.41) is 143. The van der Waals surface area contributed by atoms with Gasteiger partial charge >= 0.3 is 0 Å². The number of hydrogen-bond acceptors (Lipinski definition) is 21. The molecule has 4 saturated carbocycles. The summed E-state index contributed by atoms with van der Waals surface area (Å²) in [6.07, 6.45) is -19.3. The van der Waals surface area contributed by atoms with Crippen LogP contribution in [0.4, 0.5) is 0 Å². The van der Waals surface area contributed by atoms with Crippen molar-refractivity contribution in [1.29, 1.82) is 0 Å².